The summed E-state index contributed by atoms with van der Waals surface area (Å²) in [6.45, 7) is 1.92. The summed E-state index contributed by atoms with van der Waals surface area (Å²) in [5.74, 6) is 0. The van der Waals surface area contributed by atoms with Gasteiger partial charge in [-0.15, -0.1) is 9.24 Å². The van der Waals surface area contributed by atoms with E-state index in [0.717, 1.165) is 0 Å². The first kappa shape index (κ1) is 8.82. The summed E-state index contributed by atoms with van der Waals surface area (Å²) in [6, 6.07) is 0. The van der Waals surface area contributed by atoms with Crippen LogP contribution >= 0.6 is 21.1 Å². The lowest BCUT2D eigenvalue weighted by molar-refractivity contribution is 0.632. The van der Waals surface area contributed by atoms with Crippen LogP contribution < -0.4 is 0 Å². The Morgan fingerprint density at radius 2 is 1.50 bits per heavy atom. The molecule has 0 aromatic carbocycles. The average molecular weight is 100 g/mol. The maximum Gasteiger partial charge on any atom is 0.0579 e. The second kappa shape index (κ2) is 57.2. The molecule has 0 aliphatic heterocycles. The molecule has 0 heterocycles. The van der Waals surface area contributed by atoms with Gasteiger partial charge in [0.05, 0.1) is 11.9 Å². The molecule has 0 aliphatic rings. The molecule has 0 radical (unpaired) electrons. The van der Waals surface area contributed by atoms with E-state index < -0.39 is 0 Å². The minimum Gasteiger partial charge on any atom is -0.295 e. The first-order valence-electron chi connectivity index (χ1n) is 0.746. The molecule has 3 heteroatoms. The van der Waals surface area contributed by atoms with Crippen molar-refractivity contribution in [3.8, 4) is 0 Å². The van der Waals surface area contributed by atoms with Crippen molar-refractivity contribution in [3.63, 3.8) is 0 Å². The summed E-state index contributed by atoms with van der Waals surface area (Å²) in [4.78, 5) is 0. The Hall–Kier alpha value is 0.680. The summed E-state index contributed by atoms with van der Waals surface area (Å²) in [6.07, 6.45) is 0. The molecule has 0 saturated heterocycles. The van der Waals surface area contributed by atoms with E-state index in [2.05, 4.69) is 21.1 Å². The van der Waals surface area contributed by atoms with E-state index in [4.69, 9.17) is 4.66 Å². The minimum atomic E-state index is 1.92. The molecule has 28 valence electrons. The van der Waals surface area contributed by atoms with Crippen LogP contribution in [0.25, 0.3) is 0 Å². The van der Waals surface area contributed by atoms with Gasteiger partial charge in [-0.1, -0.05) is 6.66 Å². The van der Waals surface area contributed by atoms with Crippen molar-refractivity contribution < 1.29 is 4.66 Å². The monoisotopic (exact) mass is 100.0 g/mol. The van der Waals surface area contributed by atoms with Crippen molar-refractivity contribution in [2.45, 2.75) is 0 Å². The van der Waals surface area contributed by atoms with Crippen molar-refractivity contribution in [2.75, 3.05) is 6.66 Å². The van der Waals surface area contributed by atoms with Crippen LogP contribution in [-0.4, -0.2) is 11.3 Å². The van der Waals surface area contributed by atoms with Crippen LogP contribution in [0, 0.1) is 0 Å². The van der Waals surface area contributed by atoms with Crippen molar-refractivity contribution in [1.82, 2.24) is 0 Å². The first-order chi connectivity index (χ1) is 2.00. The summed E-state index contributed by atoms with van der Waals surface area (Å²) in [7, 11) is 2.42. The fourth-order valence-corrected chi connectivity index (χ4v) is 0. The van der Waals surface area contributed by atoms with Gasteiger partial charge < -0.3 is 0 Å². The average Bonchev–Trinajstić information content (AvgIpc) is 1.50. The fourth-order valence-electron chi connectivity index (χ4n) is 0. The fraction of sp³-hybridized carbons (Fsp3) is 1.00. The van der Waals surface area contributed by atoms with Gasteiger partial charge in [0, 0.05) is 0 Å². The Morgan fingerprint density at radius 1 is 1.50 bits per heavy atom. The molecule has 0 aromatic heterocycles. The van der Waals surface area contributed by atoms with Crippen LogP contribution in [0.2, 0.25) is 0 Å². The first-order valence-corrected chi connectivity index (χ1v) is 2.24. The molecule has 0 aromatic rings. The van der Waals surface area contributed by atoms with E-state index in [1.807, 2.05) is 6.66 Å². The molecule has 1 nitrogen and oxygen atoms in total. The highest BCUT2D eigenvalue weighted by Gasteiger charge is 0.906. The molecule has 4 heavy (non-hydrogen) atoms. The largest absolute Gasteiger partial charge is 0.295 e. The van der Waals surface area contributed by atoms with Gasteiger partial charge >= 0.3 is 0 Å². The summed E-state index contributed by atoms with van der Waals surface area (Å²) in [5.41, 5.74) is 0. The molecule has 0 saturated carbocycles. The maximum absolute atomic E-state index is 6.47. The predicted molar refractivity (Wildman–Crippen MR) is 23.7 cm³/mol. The molecule has 0 spiro atoms. The molecule has 1 N–H and O–H groups in total. The van der Waals surface area contributed by atoms with Crippen LogP contribution in [0.15, 0.2) is 0 Å². The van der Waals surface area contributed by atoms with E-state index in [-0.39, 0.29) is 0 Å². The van der Waals surface area contributed by atoms with Gasteiger partial charge in [0.15, 0.2) is 0 Å². The van der Waals surface area contributed by atoms with Crippen molar-refractivity contribution in [3.05, 3.63) is 0 Å². The van der Waals surface area contributed by atoms with Gasteiger partial charge in [-0.05, 0) is 0 Å². The van der Waals surface area contributed by atoms with Crippen LogP contribution in [0.3, 0.4) is 0 Å². The topological polar surface area (TPSA) is 20.2 Å². The number of hydrogen-bond acceptors (Lipinski definition) is 1. The summed E-state index contributed by atoms with van der Waals surface area (Å²) in [5, 5.41) is 0. The zero-order valence-electron chi connectivity index (χ0n) is 2.40. The SMILES string of the molecule is CP.OCl. The van der Waals surface area contributed by atoms with Crippen molar-refractivity contribution in [1.29, 1.82) is 0 Å². The molecule has 0 amide bonds. The van der Waals surface area contributed by atoms with Gasteiger partial charge in [-0.25, -0.2) is 0 Å². The molecule has 0 bridgehead atoms. The predicted octanol–water partition coefficient (Wildman–Crippen LogP) is 0.624. The number of hydrogen-bond donors (Lipinski definition) is 1. The second-order valence-corrected chi connectivity index (χ2v) is 0. The van der Waals surface area contributed by atoms with Crippen molar-refractivity contribution in [2.24, 2.45) is 0 Å². The van der Waals surface area contributed by atoms with Crippen molar-refractivity contribution >= 4 is 21.1 Å². The summed E-state index contributed by atoms with van der Waals surface area (Å²) < 4.78 is 6.47. The summed E-state index contributed by atoms with van der Waals surface area (Å²) >= 11 is 3.64. The Labute approximate surface area is 33.3 Å². The third-order valence-electron chi connectivity index (χ3n) is 0. The van der Waals surface area contributed by atoms with E-state index in [1.165, 1.54) is 0 Å². The minimum absolute atomic E-state index is 1.92. The quantitative estimate of drug-likeness (QED) is 0.443. The molecular weight excluding hydrogens is 94.4 g/mol. The normalized spacial score (nSPS) is 3.00. The molecular formula is CH6ClOP. The smallest absolute Gasteiger partial charge is 0.0579 e. The van der Waals surface area contributed by atoms with Crippen LogP contribution in [0.4, 0.5) is 0 Å². The zero-order chi connectivity index (χ0) is 4.00. The van der Waals surface area contributed by atoms with E-state index in [1.54, 1.807) is 0 Å². The number of halogens is 1. The van der Waals surface area contributed by atoms with Gasteiger partial charge in [0.1, 0.15) is 0 Å². The molecule has 0 aliphatic carbocycles. The highest BCUT2D eigenvalue weighted by Crippen LogP contribution is 1.46. The van der Waals surface area contributed by atoms with Crippen LogP contribution in [-0.2, 0) is 0 Å². The Kier molecular flexibility index (Phi) is 126. The highest BCUT2D eigenvalue weighted by molar-refractivity contribution is 7.15. The van der Waals surface area contributed by atoms with Crippen LogP contribution in [0.5, 0.6) is 0 Å². The Morgan fingerprint density at radius 3 is 1.50 bits per heavy atom. The second-order valence-electron chi connectivity index (χ2n) is 0. The van der Waals surface area contributed by atoms with E-state index >= 15 is 0 Å². The standard InChI is InChI=1S/CH5P.ClHO/c2*1-2/h2H2,1H3;2H. The maximum atomic E-state index is 6.47. The van der Waals surface area contributed by atoms with Crippen LogP contribution in [0.1, 0.15) is 0 Å². The third-order valence-corrected chi connectivity index (χ3v) is 0. The van der Waals surface area contributed by atoms with E-state index in [9.17, 15) is 0 Å². The molecule has 1 atom stereocenters. The Bertz CT molecular complexity index is 8.00. The molecule has 0 rings (SSSR count). The third kappa shape index (κ3) is 16.4. The van der Waals surface area contributed by atoms with E-state index in [0.29, 0.717) is 0 Å². The molecule has 0 fully saturated rings. The van der Waals surface area contributed by atoms with Gasteiger partial charge in [-0.3, -0.25) is 4.66 Å². The lowest BCUT2D eigenvalue weighted by Gasteiger charge is -1.13. The Balaban J connectivity index is 0. The highest BCUT2D eigenvalue weighted by atomic mass is 35.5. The van der Waals surface area contributed by atoms with Gasteiger partial charge in [0.2, 0.25) is 0 Å². The lowest BCUT2D eigenvalue weighted by atomic mass is 12.0. The zero-order valence-corrected chi connectivity index (χ0v) is 4.31. The lowest BCUT2D eigenvalue weighted by Crippen LogP contribution is -0.913. The van der Waals surface area contributed by atoms with Gasteiger partial charge in [-0.2, -0.15) is 0 Å². The molecule has 1 unspecified atom stereocenters. The van der Waals surface area contributed by atoms with Gasteiger partial charge in [0.25, 0.3) is 0 Å². The number of rotatable bonds is 0.